The van der Waals surface area contributed by atoms with Crippen molar-refractivity contribution in [3.63, 3.8) is 0 Å². The number of nitrogens with zero attached hydrogens (tertiary/aromatic N) is 2. The van der Waals surface area contributed by atoms with E-state index in [1.165, 1.54) is 17.3 Å². The molecule has 0 fully saturated rings. The van der Waals surface area contributed by atoms with Gasteiger partial charge < -0.3 is 14.4 Å². The summed E-state index contributed by atoms with van der Waals surface area (Å²) in [6, 6.07) is 10.1. The molecule has 148 valence electrons. The van der Waals surface area contributed by atoms with Crippen molar-refractivity contribution in [3.8, 4) is 0 Å². The van der Waals surface area contributed by atoms with Gasteiger partial charge in [-0.15, -0.1) is 0 Å². The van der Waals surface area contributed by atoms with Gasteiger partial charge in [0.15, 0.2) is 15.0 Å². The van der Waals surface area contributed by atoms with Crippen LogP contribution in [0.15, 0.2) is 49.8 Å². The number of imidazole rings is 1. The summed E-state index contributed by atoms with van der Waals surface area (Å²) in [6.45, 7) is 4.12. The van der Waals surface area contributed by atoms with E-state index in [1.807, 2.05) is 18.2 Å². The Kier molecular flexibility index (Phi) is 4.65. The van der Waals surface area contributed by atoms with Crippen LogP contribution in [0.1, 0.15) is 22.6 Å². The molecule has 0 unspecified atom stereocenters. The number of aromatic nitrogens is 4. The molecule has 1 aliphatic rings. The fourth-order valence-corrected chi connectivity index (χ4v) is 4.61. The van der Waals surface area contributed by atoms with Crippen LogP contribution in [0, 0.1) is 11.7 Å². The number of benzene rings is 1. The number of aryl methyl sites for hydroxylation is 1. The molecule has 3 aromatic heterocycles. The second-order valence-electron chi connectivity index (χ2n) is 7.21. The zero-order valence-corrected chi connectivity index (χ0v) is 17.4. The highest BCUT2D eigenvalue weighted by molar-refractivity contribution is 7.99. The Hall–Kier alpha value is -2.62. The number of fused-ring (bicyclic) bond motifs is 2. The van der Waals surface area contributed by atoms with Crippen molar-refractivity contribution in [2.75, 3.05) is 6.54 Å². The van der Waals surface area contributed by atoms with Crippen LogP contribution in [0.3, 0.4) is 0 Å². The first-order chi connectivity index (χ1) is 14.0. The van der Waals surface area contributed by atoms with Crippen molar-refractivity contribution >= 4 is 35.0 Å². The summed E-state index contributed by atoms with van der Waals surface area (Å²) in [5, 5.41) is 1.59. The lowest BCUT2D eigenvalue weighted by Crippen LogP contribution is -2.35. The molecule has 0 spiro atoms. The molecule has 4 aromatic rings. The van der Waals surface area contributed by atoms with Crippen LogP contribution in [0.25, 0.3) is 11.0 Å². The molecule has 5 rings (SSSR count). The first kappa shape index (κ1) is 18.4. The summed E-state index contributed by atoms with van der Waals surface area (Å²) < 4.78 is 6.38. The first-order valence-electron chi connectivity index (χ1n) is 9.33. The summed E-state index contributed by atoms with van der Waals surface area (Å²) in [6.07, 6.45) is 0.767. The minimum atomic E-state index is -0.107. The number of hydrogen-bond acceptors (Lipinski definition) is 6. The number of hydrogen-bond donors (Lipinski definition) is 3. The number of aromatic amines is 3. The second kappa shape index (κ2) is 7.33. The van der Waals surface area contributed by atoms with Gasteiger partial charge in [0.25, 0.3) is 5.56 Å². The number of nitrogens with one attached hydrogen (secondary N) is 3. The van der Waals surface area contributed by atoms with E-state index in [9.17, 15) is 4.79 Å². The number of furan rings is 1. The van der Waals surface area contributed by atoms with E-state index in [-0.39, 0.29) is 5.56 Å². The van der Waals surface area contributed by atoms with Crippen molar-refractivity contribution in [1.29, 1.82) is 0 Å². The van der Waals surface area contributed by atoms with Gasteiger partial charge in [-0.2, -0.15) is 0 Å². The number of rotatable bonds is 4. The van der Waals surface area contributed by atoms with Crippen LogP contribution < -0.4 is 5.56 Å². The zero-order valence-electron chi connectivity index (χ0n) is 15.7. The van der Waals surface area contributed by atoms with Gasteiger partial charge in [-0.1, -0.05) is 6.07 Å². The van der Waals surface area contributed by atoms with E-state index in [0.717, 1.165) is 51.3 Å². The Morgan fingerprint density at radius 2 is 2.14 bits per heavy atom. The second-order valence-corrected chi connectivity index (χ2v) is 8.61. The maximum Gasteiger partial charge on any atom is 0.256 e. The Morgan fingerprint density at radius 1 is 1.24 bits per heavy atom. The summed E-state index contributed by atoms with van der Waals surface area (Å²) in [5.41, 5.74) is 4.75. The molecule has 1 aromatic carbocycles. The molecule has 29 heavy (non-hydrogen) atoms. The first-order valence-corrected chi connectivity index (χ1v) is 10.6. The van der Waals surface area contributed by atoms with Crippen LogP contribution in [0.2, 0.25) is 0 Å². The van der Waals surface area contributed by atoms with Crippen molar-refractivity contribution < 1.29 is 4.42 Å². The summed E-state index contributed by atoms with van der Waals surface area (Å²) in [5.74, 6) is 0.864. The van der Waals surface area contributed by atoms with E-state index in [4.69, 9.17) is 16.6 Å². The monoisotopic (exact) mass is 425 g/mol. The largest absolute Gasteiger partial charge is 0.453 e. The van der Waals surface area contributed by atoms with Crippen LogP contribution in [0.4, 0.5) is 0 Å². The molecular weight excluding hydrogens is 406 g/mol. The molecule has 0 saturated heterocycles. The van der Waals surface area contributed by atoms with E-state index < -0.39 is 0 Å². The van der Waals surface area contributed by atoms with Crippen molar-refractivity contribution in [2.24, 2.45) is 0 Å². The molecule has 0 amide bonds. The van der Waals surface area contributed by atoms with Gasteiger partial charge in [0.1, 0.15) is 5.76 Å². The van der Waals surface area contributed by atoms with E-state index >= 15 is 0 Å². The van der Waals surface area contributed by atoms with E-state index in [0.29, 0.717) is 17.9 Å². The Labute approximate surface area is 175 Å². The maximum atomic E-state index is 12.2. The molecule has 0 radical (unpaired) electrons. The maximum absolute atomic E-state index is 12.2. The summed E-state index contributed by atoms with van der Waals surface area (Å²) >= 11 is 6.52. The highest BCUT2D eigenvalue weighted by Gasteiger charge is 2.21. The average molecular weight is 426 g/mol. The van der Waals surface area contributed by atoms with Gasteiger partial charge in [0.2, 0.25) is 0 Å². The van der Waals surface area contributed by atoms with Gasteiger partial charge in [0.05, 0.1) is 23.1 Å². The smallest absolute Gasteiger partial charge is 0.256 e. The normalized spacial score (nSPS) is 14.4. The highest BCUT2D eigenvalue weighted by atomic mass is 32.2. The third kappa shape index (κ3) is 3.81. The van der Waals surface area contributed by atoms with E-state index in [1.54, 1.807) is 0 Å². The van der Waals surface area contributed by atoms with Crippen molar-refractivity contribution in [3.05, 3.63) is 68.0 Å². The minimum absolute atomic E-state index is 0.107. The Balaban J connectivity index is 1.29. The predicted octanol–water partition coefficient (Wildman–Crippen LogP) is 3.92. The summed E-state index contributed by atoms with van der Waals surface area (Å²) in [4.78, 5) is 28.1. The molecule has 0 aliphatic carbocycles. The molecule has 1 aliphatic heterocycles. The molecule has 3 N–H and O–H groups in total. The predicted molar refractivity (Wildman–Crippen MR) is 114 cm³/mol. The van der Waals surface area contributed by atoms with Crippen LogP contribution in [-0.2, 0) is 19.5 Å². The van der Waals surface area contributed by atoms with Gasteiger partial charge in [-0.25, -0.2) is 4.98 Å². The quantitative estimate of drug-likeness (QED) is 0.429. The summed E-state index contributed by atoms with van der Waals surface area (Å²) in [7, 11) is 0. The highest BCUT2D eigenvalue weighted by Crippen LogP contribution is 2.29. The topological polar surface area (TPSA) is 93.7 Å². The standard InChI is InChI=1S/C20H19N5O2S2/c1-11-2-4-15-16(8-11)23-20(22-15)29-17-5-3-12(27-17)9-25-7-6-14-13(10-25)18(26)24-19(28)21-14/h2-5,8H,6-7,9-10H2,1H3,(H,22,23)(H2,21,24,26,28). The van der Waals surface area contributed by atoms with Gasteiger partial charge in [-0.05, 0) is 60.7 Å². The lowest BCUT2D eigenvalue weighted by atomic mass is 10.1. The molecule has 0 atom stereocenters. The third-order valence-electron chi connectivity index (χ3n) is 5.02. The van der Waals surface area contributed by atoms with Gasteiger partial charge >= 0.3 is 0 Å². The third-order valence-corrected chi connectivity index (χ3v) is 6.03. The fraction of sp³-hybridized carbons (Fsp3) is 0.250. The molecule has 7 nitrogen and oxygen atoms in total. The molecule has 4 heterocycles. The SMILES string of the molecule is Cc1ccc2nc(Sc3ccc(CN4CCc5[nH]c(=S)[nH]c(=O)c5C4)o3)[nH]c2c1. The minimum Gasteiger partial charge on any atom is -0.453 e. The molecule has 0 bridgehead atoms. The van der Waals surface area contributed by atoms with E-state index in [2.05, 4.69) is 43.9 Å². The lowest BCUT2D eigenvalue weighted by Gasteiger charge is -2.26. The molecule has 9 heteroatoms. The van der Waals surface area contributed by atoms with Crippen molar-refractivity contribution in [2.45, 2.75) is 36.7 Å². The van der Waals surface area contributed by atoms with Gasteiger partial charge in [-0.3, -0.25) is 14.7 Å². The number of H-pyrrole nitrogens is 3. The molecular formula is C20H19N5O2S2. The van der Waals surface area contributed by atoms with Crippen molar-refractivity contribution in [1.82, 2.24) is 24.8 Å². The Morgan fingerprint density at radius 3 is 3.03 bits per heavy atom. The molecule has 0 saturated carbocycles. The van der Waals surface area contributed by atoms with Crippen LogP contribution in [-0.4, -0.2) is 31.4 Å². The zero-order chi connectivity index (χ0) is 20.0. The van der Waals surface area contributed by atoms with Gasteiger partial charge in [0, 0.05) is 25.2 Å². The average Bonchev–Trinajstić information content (AvgIpc) is 3.28. The lowest BCUT2D eigenvalue weighted by molar-refractivity contribution is 0.217. The van der Waals surface area contributed by atoms with Crippen LogP contribution in [0.5, 0.6) is 0 Å². The fourth-order valence-electron chi connectivity index (χ4n) is 3.61. The van der Waals surface area contributed by atoms with Crippen LogP contribution >= 0.6 is 24.0 Å². The Bertz CT molecular complexity index is 1320.